The van der Waals surface area contributed by atoms with E-state index in [1.54, 1.807) is 0 Å². The summed E-state index contributed by atoms with van der Waals surface area (Å²) in [5, 5.41) is 3.27. The summed E-state index contributed by atoms with van der Waals surface area (Å²) in [5.74, 6) is 1.63. The number of rotatable bonds is 6. The van der Waals surface area contributed by atoms with Crippen LogP contribution >= 0.6 is 0 Å². The van der Waals surface area contributed by atoms with Crippen molar-refractivity contribution in [3.05, 3.63) is 12.2 Å². The molecule has 1 N–H and O–H groups in total. The lowest BCUT2D eigenvalue weighted by molar-refractivity contribution is 0.0122. The van der Waals surface area contributed by atoms with Gasteiger partial charge in [0.2, 0.25) is 0 Å². The van der Waals surface area contributed by atoms with E-state index in [1.165, 1.54) is 19.3 Å². The van der Waals surface area contributed by atoms with E-state index < -0.39 is 0 Å². The average Bonchev–Trinajstić information content (AvgIpc) is 2.22. The van der Waals surface area contributed by atoms with E-state index in [9.17, 15) is 0 Å². The molecule has 0 aromatic heterocycles. The van der Waals surface area contributed by atoms with E-state index in [0.29, 0.717) is 6.10 Å². The summed E-state index contributed by atoms with van der Waals surface area (Å²) in [6, 6.07) is 0. The Morgan fingerprint density at radius 1 is 1.25 bits per heavy atom. The summed E-state index contributed by atoms with van der Waals surface area (Å²) in [4.78, 5) is 0. The van der Waals surface area contributed by atoms with Crippen LogP contribution < -0.4 is 5.32 Å². The Balaban J connectivity index is 2.18. The van der Waals surface area contributed by atoms with Crippen LogP contribution in [0.5, 0.6) is 0 Å². The van der Waals surface area contributed by atoms with Gasteiger partial charge in [0.25, 0.3) is 0 Å². The number of likely N-dealkylation sites (N-methyl/N-ethyl adjacent to an activating group) is 1. The standard InChI is InChI=1S/C14H27NO/c1-5-15-9-13(4)10-16-14-7-11(2)6-12(3)8-14/h11-12,14-15H,4-10H2,1-3H3. The molecule has 0 amide bonds. The maximum atomic E-state index is 5.94. The summed E-state index contributed by atoms with van der Waals surface area (Å²) < 4.78 is 5.94. The van der Waals surface area contributed by atoms with E-state index in [-0.39, 0.29) is 0 Å². The first-order valence-corrected chi connectivity index (χ1v) is 6.60. The number of nitrogens with one attached hydrogen (secondary N) is 1. The number of ether oxygens (including phenoxy) is 1. The average molecular weight is 225 g/mol. The minimum Gasteiger partial charge on any atom is -0.374 e. The highest BCUT2D eigenvalue weighted by molar-refractivity contribution is 4.97. The van der Waals surface area contributed by atoms with Gasteiger partial charge in [-0.15, -0.1) is 0 Å². The predicted molar refractivity (Wildman–Crippen MR) is 69.6 cm³/mol. The molecule has 0 bridgehead atoms. The second-order valence-corrected chi connectivity index (χ2v) is 5.38. The summed E-state index contributed by atoms with van der Waals surface area (Å²) in [6.07, 6.45) is 4.26. The van der Waals surface area contributed by atoms with Crippen molar-refractivity contribution < 1.29 is 4.74 Å². The van der Waals surface area contributed by atoms with E-state index in [4.69, 9.17) is 4.74 Å². The van der Waals surface area contributed by atoms with Crippen molar-refractivity contribution >= 4 is 0 Å². The zero-order valence-electron chi connectivity index (χ0n) is 11.1. The van der Waals surface area contributed by atoms with Gasteiger partial charge in [-0.25, -0.2) is 0 Å². The van der Waals surface area contributed by atoms with E-state index in [2.05, 4.69) is 32.7 Å². The molecule has 0 aliphatic heterocycles. The van der Waals surface area contributed by atoms with Crippen LogP contribution in [0.2, 0.25) is 0 Å². The van der Waals surface area contributed by atoms with Gasteiger partial charge in [-0.1, -0.05) is 27.4 Å². The Kier molecular flexibility index (Phi) is 6.07. The van der Waals surface area contributed by atoms with Gasteiger partial charge in [0.1, 0.15) is 0 Å². The smallest absolute Gasteiger partial charge is 0.0690 e. The Morgan fingerprint density at radius 3 is 2.44 bits per heavy atom. The van der Waals surface area contributed by atoms with Crippen LogP contribution in [-0.4, -0.2) is 25.8 Å². The maximum Gasteiger partial charge on any atom is 0.0690 e. The molecule has 2 nitrogen and oxygen atoms in total. The normalized spacial score (nSPS) is 30.3. The summed E-state index contributed by atoms with van der Waals surface area (Å²) in [7, 11) is 0. The lowest BCUT2D eigenvalue weighted by atomic mass is 9.82. The molecule has 1 aliphatic rings. The summed E-state index contributed by atoms with van der Waals surface area (Å²) in [6.45, 7) is 13.4. The van der Waals surface area contributed by atoms with Crippen LogP contribution in [0, 0.1) is 11.8 Å². The third-order valence-corrected chi connectivity index (χ3v) is 3.28. The molecule has 0 heterocycles. The van der Waals surface area contributed by atoms with E-state index in [1.807, 2.05) is 0 Å². The van der Waals surface area contributed by atoms with Crippen LogP contribution in [0.1, 0.15) is 40.0 Å². The van der Waals surface area contributed by atoms with Crippen molar-refractivity contribution in [2.75, 3.05) is 19.7 Å². The van der Waals surface area contributed by atoms with E-state index in [0.717, 1.165) is 37.1 Å². The Bertz CT molecular complexity index is 205. The largest absolute Gasteiger partial charge is 0.374 e. The molecule has 0 aromatic rings. The molecule has 1 rings (SSSR count). The van der Waals surface area contributed by atoms with Gasteiger partial charge in [-0.2, -0.15) is 0 Å². The quantitative estimate of drug-likeness (QED) is 0.702. The molecule has 1 saturated carbocycles. The fourth-order valence-corrected chi connectivity index (χ4v) is 2.60. The molecular weight excluding hydrogens is 198 g/mol. The van der Waals surface area contributed by atoms with Crippen LogP contribution in [0.4, 0.5) is 0 Å². The van der Waals surface area contributed by atoms with Crippen molar-refractivity contribution in [1.82, 2.24) is 5.32 Å². The monoisotopic (exact) mass is 225 g/mol. The highest BCUT2D eigenvalue weighted by Gasteiger charge is 2.24. The van der Waals surface area contributed by atoms with Crippen LogP contribution in [0.25, 0.3) is 0 Å². The van der Waals surface area contributed by atoms with Crippen LogP contribution in [0.3, 0.4) is 0 Å². The van der Waals surface area contributed by atoms with Gasteiger partial charge in [-0.05, 0) is 43.2 Å². The van der Waals surface area contributed by atoms with Gasteiger partial charge >= 0.3 is 0 Å². The number of hydrogen-bond acceptors (Lipinski definition) is 2. The van der Waals surface area contributed by atoms with Crippen molar-refractivity contribution in [2.45, 2.75) is 46.1 Å². The topological polar surface area (TPSA) is 21.3 Å². The minimum absolute atomic E-state index is 0.456. The maximum absolute atomic E-state index is 5.94. The third-order valence-electron chi connectivity index (χ3n) is 3.28. The molecule has 1 fully saturated rings. The Hall–Kier alpha value is -0.340. The lowest BCUT2D eigenvalue weighted by Gasteiger charge is -2.31. The second kappa shape index (κ2) is 7.08. The van der Waals surface area contributed by atoms with Gasteiger partial charge < -0.3 is 10.1 Å². The molecule has 0 radical (unpaired) electrons. The molecule has 16 heavy (non-hydrogen) atoms. The molecule has 94 valence electrons. The third kappa shape index (κ3) is 5.13. The second-order valence-electron chi connectivity index (χ2n) is 5.38. The molecule has 0 saturated heterocycles. The minimum atomic E-state index is 0.456. The first-order chi connectivity index (χ1) is 7.61. The van der Waals surface area contributed by atoms with Gasteiger partial charge in [0.15, 0.2) is 0 Å². The SMILES string of the molecule is C=C(CNCC)COC1CC(C)CC(C)C1. The Morgan fingerprint density at radius 2 is 1.88 bits per heavy atom. The predicted octanol–water partition coefficient (Wildman–Crippen LogP) is 2.99. The molecule has 2 unspecified atom stereocenters. The molecule has 1 aliphatic carbocycles. The Labute approximate surface area is 100 Å². The fourth-order valence-electron chi connectivity index (χ4n) is 2.60. The zero-order valence-corrected chi connectivity index (χ0v) is 11.1. The van der Waals surface area contributed by atoms with Gasteiger partial charge in [0.05, 0.1) is 12.7 Å². The fraction of sp³-hybridized carbons (Fsp3) is 0.857. The molecular formula is C14H27NO. The lowest BCUT2D eigenvalue weighted by Crippen LogP contribution is -2.28. The molecule has 0 aromatic carbocycles. The van der Waals surface area contributed by atoms with Gasteiger partial charge in [0, 0.05) is 6.54 Å². The zero-order chi connectivity index (χ0) is 12.0. The van der Waals surface area contributed by atoms with Gasteiger partial charge in [-0.3, -0.25) is 0 Å². The van der Waals surface area contributed by atoms with Crippen LogP contribution in [-0.2, 0) is 4.74 Å². The van der Waals surface area contributed by atoms with E-state index >= 15 is 0 Å². The number of hydrogen-bond donors (Lipinski definition) is 1. The van der Waals surface area contributed by atoms with Crippen LogP contribution in [0.15, 0.2) is 12.2 Å². The first-order valence-electron chi connectivity index (χ1n) is 6.60. The first kappa shape index (κ1) is 13.7. The van der Waals surface area contributed by atoms with Crippen molar-refractivity contribution in [2.24, 2.45) is 11.8 Å². The highest BCUT2D eigenvalue weighted by atomic mass is 16.5. The highest BCUT2D eigenvalue weighted by Crippen LogP contribution is 2.30. The molecule has 2 heteroatoms. The van der Waals surface area contributed by atoms with Crippen molar-refractivity contribution in [3.63, 3.8) is 0 Å². The summed E-state index contributed by atoms with van der Waals surface area (Å²) in [5.41, 5.74) is 1.16. The molecule has 2 atom stereocenters. The molecule has 0 spiro atoms. The van der Waals surface area contributed by atoms with Crippen molar-refractivity contribution in [1.29, 1.82) is 0 Å². The summed E-state index contributed by atoms with van der Waals surface area (Å²) >= 11 is 0. The van der Waals surface area contributed by atoms with Crippen molar-refractivity contribution in [3.8, 4) is 0 Å².